The number of ether oxygens (including phenoxy) is 6. The zero-order chi connectivity index (χ0) is 29.9. The number of carbonyl (C=O) groups is 4. The van der Waals surface area contributed by atoms with Crippen LogP contribution in [-0.2, 0) is 47.6 Å². The van der Waals surface area contributed by atoms with Crippen molar-refractivity contribution in [3.63, 3.8) is 0 Å². The van der Waals surface area contributed by atoms with Gasteiger partial charge in [-0.1, -0.05) is 13.8 Å². The standard InChI is InChI=1S/C32H46O10/c1-5-23(33)41-25-21-7-20-8-22(25)13-32(12-21,28(36)40-18-38-4)26(20)29-9-19-10-30(14-29,27(35)39-17-37-3)16-31(11-19,15-29)42-24(34)6-2/h19-22,25-26H,5-18H2,1-4H3. The topological polar surface area (TPSA) is 124 Å². The maximum Gasteiger partial charge on any atom is 0.314 e. The summed E-state index contributed by atoms with van der Waals surface area (Å²) in [5, 5.41) is 0. The third-order valence-corrected chi connectivity index (χ3v) is 11.8. The molecule has 0 spiro atoms. The van der Waals surface area contributed by atoms with Crippen molar-refractivity contribution in [1.82, 2.24) is 0 Å². The van der Waals surface area contributed by atoms with Gasteiger partial charge in [0.2, 0.25) is 0 Å². The van der Waals surface area contributed by atoms with Gasteiger partial charge in [0.05, 0.1) is 10.8 Å². The van der Waals surface area contributed by atoms with E-state index in [0.717, 1.165) is 25.7 Å². The van der Waals surface area contributed by atoms with Gasteiger partial charge in [-0.25, -0.2) is 0 Å². The fraction of sp³-hybridized carbons (Fsp3) is 0.875. The highest BCUT2D eigenvalue weighted by atomic mass is 16.7. The van der Waals surface area contributed by atoms with Gasteiger partial charge in [0.25, 0.3) is 0 Å². The van der Waals surface area contributed by atoms with E-state index < -0.39 is 16.4 Å². The van der Waals surface area contributed by atoms with E-state index in [1.54, 1.807) is 13.8 Å². The fourth-order valence-corrected chi connectivity index (χ4v) is 11.7. The van der Waals surface area contributed by atoms with E-state index in [0.29, 0.717) is 44.9 Å². The molecule has 0 aliphatic heterocycles. The maximum absolute atomic E-state index is 14.2. The summed E-state index contributed by atoms with van der Waals surface area (Å²) in [6.45, 7) is 3.35. The molecule has 0 aromatic heterocycles. The summed E-state index contributed by atoms with van der Waals surface area (Å²) < 4.78 is 34.0. The first-order chi connectivity index (χ1) is 20.1. The zero-order valence-electron chi connectivity index (χ0n) is 25.4. The molecule has 10 heteroatoms. The normalized spacial score (nSPS) is 44.1. The van der Waals surface area contributed by atoms with Crippen LogP contribution in [0.1, 0.15) is 90.9 Å². The van der Waals surface area contributed by atoms with Gasteiger partial charge in [-0.2, -0.15) is 0 Å². The Kier molecular flexibility index (Phi) is 7.64. The predicted octanol–water partition coefficient (Wildman–Crippen LogP) is 4.32. The molecule has 0 aromatic carbocycles. The Morgan fingerprint density at radius 3 is 1.98 bits per heavy atom. The lowest BCUT2D eigenvalue weighted by molar-refractivity contribution is -0.281. The zero-order valence-corrected chi connectivity index (χ0v) is 25.4. The molecule has 0 aromatic rings. The van der Waals surface area contributed by atoms with Crippen LogP contribution >= 0.6 is 0 Å². The van der Waals surface area contributed by atoms with Crippen molar-refractivity contribution in [2.75, 3.05) is 27.8 Å². The third-order valence-electron chi connectivity index (χ3n) is 11.8. The monoisotopic (exact) mass is 590 g/mol. The van der Waals surface area contributed by atoms with Crippen molar-refractivity contribution in [3.8, 4) is 0 Å². The molecule has 8 rings (SSSR count). The lowest BCUT2D eigenvalue weighted by Crippen LogP contribution is -2.71. The third kappa shape index (κ3) is 4.57. The molecule has 0 N–H and O–H groups in total. The molecule has 0 heterocycles. The summed E-state index contributed by atoms with van der Waals surface area (Å²) >= 11 is 0. The molecule has 0 amide bonds. The summed E-state index contributed by atoms with van der Waals surface area (Å²) in [4.78, 5) is 53.2. The highest BCUT2D eigenvalue weighted by molar-refractivity contribution is 5.80. The summed E-state index contributed by atoms with van der Waals surface area (Å²) in [7, 11) is 3.00. The predicted molar refractivity (Wildman–Crippen MR) is 146 cm³/mol. The van der Waals surface area contributed by atoms with Gasteiger partial charge < -0.3 is 28.4 Å². The van der Waals surface area contributed by atoms with Crippen LogP contribution in [0.3, 0.4) is 0 Å². The van der Waals surface area contributed by atoms with Gasteiger partial charge in [-0.3, -0.25) is 19.2 Å². The average molecular weight is 591 g/mol. The Bertz CT molecular complexity index is 1100. The summed E-state index contributed by atoms with van der Waals surface area (Å²) in [6, 6.07) is 0. The molecule has 0 saturated heterocycles. The van der Waals surface area contributed by atoms with Crippen molar-refractivity contribution < 1.29 is 47.6 Å². The summed E-state index contributed by atoms with van der Waals surface area (Å²) in [5.41, 5.74) is -2.72. The Labute approximate surface area is 247 Å². The lowest BCUT2D eigenvalue weighted by Gasteiger charge is -2.72. The molecule has 8 aliphatic rings. The van der Waals surface area contributed by atoms with Crippen LogP contribution in [0.15, 0.2) is 0 Å². The fourth-order valence-electron chi connectivity index (χ4n) is 11.7. The lowest BCUT2D eigenvalue weighted by atomic mass is 9.32. The van der Waals surface area contributed by atoms with Gasteiger partial charge in [-0.05, 0) is 92.8 Å². The molecule has 7 atom stereocenters. The number of esters is 4. The first kappa shape index (κ1) is 29.9. The molecule has 8 aliphatic carbocycles. The van der Waals surface area contributed by atoms with Gasteiger partial charge in [0.15, 0.2) is 13.6 Å². The first-order valence-electron chi connectivity index (χ1n) is 15.8. The van der Waals surface area contributed by atoms with E-state index >= 15 is 0 Å². The van der Waals surface area contributed by atoms with Crippen LogP contribution in [0.5, 0.6) is 0 Å². The van der Waals surface area contributed by atoms with Gasteiger partial charge >= 0.3 is 23.9 Å². The highest BCUT2D eigenvalue weighted by Crippen LogP contribution is 2.77. The number of rotatable bonds is 11. The second-order valence-electron chi connectivity index (χ2n) is 14.4. The Hall–Kier alpha value is -2.20. The van der Waals surface area contributed by atoms with Gasteiger partial charge in [0, 0.05) is 33.5 Å². The van der Waals surface area contributed by atoms with Crippen LogP contribution in [0.4, 0.5) is 0 Å². The van der Waals surface area contributed by atoms with Crippen LogP contribution in [0.25, 0.3) is 0 Å². The molecular formula is C32H46O10. The summed E-state index contributed by atoms with van der Waals surface area (Å²) in [6.07, 6.45) is 7.35. The van der Waals surface area contributed by atoms with Crippen molar-refractivity contribution in [3.05, 3.63) is 0 Å². The van der Waals surface area contributed by atoms with Crippen LogP contribution in [0, 0.1) is 45.8 Å². The van der Waals surface area contributed by atoms with Gasteiger partial charge in [0.1, 0.15) is 11.7 Å². The minimum atomic E-state index is -0.794. The second-order valence-corrected chi connectivity index (χ2v) is 14.4. The average Bonchev–Trinajstić information content (AvgIpc) is 2.94. The minimum Gasteiger partial charge on any atom is -0.462 e. The van der Waals surface area contributed by atoms with E-state index in [9.17, 15) is 19.2 Å². The molecule has 8 saturated carbocycles. The van der Waals surface area contributed by atoms with E-state index in [4.69, 9.17) is 28.4 Å². The largest absolute Gasteiger partial charge is 0.462 e. The van der Waals surface area contributed by atoms with Crippen molar-refractivity contribution in [1.29, 1.82) is 0 Å². The number of carbonyl (C=O) groups excluding carboxylic acids is 4. The molecular weight excluding hydrogens is 544 g/mol. The molecule has 42 heavy (non-hydrogen) atoms. The van der Waals surface area contributed by atoms with E-state index in [2.05, 4.69) is 0 Å². The minimum absolute atomic E-state index is 0.0395. The maximum atomic E-state index is 14.2. The molecule has 0 radical (unpaired) electrons. The number of methoxy groups -OCH3 is 2. The van der Waals surface area contributed by atoms with Crippen molar-refractivity contribution >= 4 is 23.9 Å². The smallest absolute Gasteiger partial charge is 0.314 e. The Morgan fingerprint density at radius 2 is 1.36 bits per heavy atom. The second kappa shape index (κ2) is 10.8. The van der Waals surface area contributed by atoms with E-state index in [1.807, 2.05) is 0 Å². The van der Waals surface area contributed by atoms with Crippen molar-refractivity contribution in [2.45, 2.75) is 103 Å². The molecule has 234 valence electrons. The quantitative estimate of drug-likeness (QED) is 0.195. The van der Waals surface area contributed by atoms with Crippen LogP contribution in [0.2, 0.25) is 0 Å². The number of hydrogen-bond donors (Lipinski definition) is 0. The number of hydrogen-bond acceptors (Lipinski definition) is 10. The van der Waals surface area contributed by atoms with Crippen molar-refractivity contribution in [2.24, 2.45) is 45.8 Å². The SMILES string of the molecule is CCC(=O)OC1C2CC3CC1CC(C(=O)OCOC)(C2)C3C12CC3CC(OC(=O)CC)(CC(C(=O)OCOC)(C3)C1)C2. The molecule has 7 unspecified atom stereocenters. The highest BCUT2D eigenvalue weighted by Gasteiger charge is 2.76. The Morgan fingerprint density at radius 1 is 0.714 bits per heavy atom. The Balaban J connectivity index is 1.41. The molecule has 8 fully saturated rings. The molecule has 10 nitrogen and oxygen atoms in total. The molecule has 8 bridgehead atoms. The summed E-state index contributed by atoms with van der Waals surface area (Å²) in [5.74, 6) is -0.454. The van der Waals surface area contributed by atoms with E-state index in [1.165, 1.54) is 14.2 Å². The van der Waals surface area contributed by atoms with Crippen LogP contribution in [-0.4, -0.2) is 63.4 Å². The first-order valence-corrected chi connectivity index (χ1v) is 15.8. The van der Waals surface area contributed by atoms with E-state index in [-0.39, 0.29) is 85.0 Å². The van der Waals surface area contributed by atoms with Crippen LogP contribution < -0.4 is 0 Å². The van der Waals surface area contributed by atoms with Gasteiger partial charge in [-0.15, -0.1) is 0 Å².